The molecule has 30 heavy (non-hydrogen) atoms. The number of amides is 1. The molecule has 0 saturated heterocycles. The summed E-state index contributed by atoms with van der Waals surface area (Å²) in [6.45, 7) is 0.393. The van der Waals surface area contributed by atoms with Gasteiger partial charge in [-0.2, -0.15) is 0 Å². The van der Waals surface area contributed by atoms with Gasteiger partial charge in [-0.15, -0.1) is 11.3 Å². The van der Waals surface area contributed by atoms with Crippen molar-refractivity contribution in [2.75, 3.05) is 5.32 Å². The van der Waals surface area contributed by atoms with Crippen LogP contribution in [-0.4, -0.2) is 10.9 Å². The number of rotatable bonds is 7. The molecule has 4 aromatic rings. The largest absolute Gasteiger partial charge is 0.488 e. The number of ether oxygens (including phenoxy) is 1. The number of benzene rings is 3. The second-order valence-electron chi connectivity index (χ2n) is 6.62. The molecule has 0 unspecified atom stereocenters. The van der Waals surface area contributed by atoms with Crippen LogP contribution in [-0.2, 0) is 13.0 Å². The Morgan fingerprint density at radius 3 is 2.53 bits per heavy atom. The number of aromatic nitrogens is 1. The van der Waals surface area contributed by atoms with Crippen LogP contribution < -0.4 is 10.1 Å². The van der Waals surface area contributed by atoms with E-state index in [2.05, 4.69) is 10.3 Å². The average Bonchev–Trinajstić information content (AvgIpc) is 3.21. The Labute approximate surface area is 184 Å². The van der Waals surface area contributed by atoms with Gasteiger partial charge in [-0.1, -0.05) is 72.3 Å². The van der Waals surface area contributed by atoms with Crippen LogP contribution in [0.3, 0.4) is 0 Å². The molecule has 4 rings (SSSR count). The molecule has 150 valence electrons. The minimum Gasteiger partial charge on any atom is -0.488 e. The summed E-state index contributed by atoms with van der Waals surface area (Å²) in [6, 6.07) is 24.8. The predicted molar refractivity (Wildman–Crippen MR) is 122 cm³/mol. The molecule has 1 amide bonds. The number of carbonyl (C=O) groups is 1. The SMILES string of the molecule is O=C(Nc1ncc(Cc2ccccc2Cl)s1)c1ccccc1OCc1ccccc1. The van der Waals surface area contributed by atoms with Crippen molar-refractivity contribution < 1.29 is 9.53 Å². The van der Waals surface area contributed by atoms with E-state index in [9.17, 15) is 4.79 Å². The fourth-order valence-corrected chi connectivity index (χ4v) is 3.99. The van der Waals surface area contributed by atoms with Crippen LogP contribution in [0.25, 0.3) is 0 Å². The van der Waals surface area contributed by atoms with Crippen LogP contribution in [0, 0.1) is 0 Å². The molecule has 4 nitrogen and oxygen atoms in total. The van der Waals surface area contributed by atoms with Crippen molar-refractivity contribution in [1.82, 2.24) is 4.98 Å². The molecular weight excluding hydrogens is 416 g/mol. The van der Waals surface area contributed by atoms with Gasteiger partial charge >= 0.3 is 0 Å². The summed E-state index contributed by atoms with van der Waals surface area (Å²) in [6.07, 6.45) is 2.44. The van der Waals surface area contributed by atoms with Gasteiger partial charge in [0.2, 0.25) is 0 Å². The minimum atomic E-state index is -0.252. The fourth-order valence-electron chi connectivity index (χ4n) is 2.96. The van der Waals surface area contributed by atoms with Gasteiger partial charge < -0.3 is 4.74 Å². The number of hydrogen-bond acceptors (Lipinski definition) is 4. The molecule has 1 N–H and O–H groups in total. The normalized spacial score (nSPS) is 10.6. The number of thiazole rings is 1. The number of anilines is 1. The molecule has 0 aliphatic carbocycles. The van der Waals surface area contributed by atoms with Crippen LogP contribution in [0.2, 0.25) is 5.02 Å². The van der Waals surface area contributed by atoms with Gasteiger partial charge in [0.1, 0.15) is 12.4 Å². The summed E-state index contributed by atoms with van der Waals surface area (Å²) in [4.78, 5) is 18.2. The Morgan fingerprint density at radius 1 is 0.967 bits per heavy atom. The average molecular weight is 435 g/mol. The van der Waals surface area contributed by atoms with Gasteiger partial charge in [0, 0.05) is 22.5 Å². The fraction of sp³-hybridized carbons (Fsp3) is 0.0833. The lowest BCUT2D eigenvalue weighted by molar-refractivity contribution is 0.102. The van der Waals surface area contributed by atoms with Gasteiger partial charge in [0.15, 0.2) is 5.13 Å². The molecule has 0 saturated carbocycles. The molecular formula is C24H19ClN2O2S. The molecule has 1 heterocycles. The lowest BCUT2D eigenvalue weighted by atomic mass is 10.1. The third-order valence-corrected chi connectivity index (χ3v) is 5.75. The zero-order valence-corrected chi connectivity index (χ0v) is 17.6. The summed E-state index contributed by atoms with van der Waals surface area (Å²) in [7, 11) is 0. The van der Waals surface area contributed by atoms with Crippen molar-refractivity contribution in [2.24, 2.45) is 0 Å². The Kier molecular flexibility index (Phi) is 6.42. The van der Waals surface area contributed by atoms with Crippen LogP contribution in [0.15, 0.2) is 85.1 Å². The first kappa shape index (κ1) is 20.1. The van der Waals surface area contributed by atoms with Crippen molar-refractivity contribution >= 4 is 34.0 Å². The lowest BCUT2D eigenvalue weighted by Crippen LogP contribution is -2.13. The van der Waals surface area contributed by atoms with Crippen molar-refractivity contribution in [3.05, 3.63) is 112 Å². The highest BCUT2D eigenvalue weighted by molar-refractivity contribution is 7.15. The highest BCUT2D eigenvalue weighted by Crippen LogP contribution is 2.26. The van der Waals surface area contributed by atoms with Crippen molar-refractivity contribution in [3.8, 4) is 5.75 Å². The second kappa shape index (κ2) is 9.57. The Bertz CT molecular complexity index is 1140. The molecule has 0 bridgehead atoms. The number of hydrogen-bond donors (Lipinski definition) is 1. The van der Waals surface area contributed by atoms with Gasteiger partial charge in [0.25, 0.3) is 5.91 Å². The standard InChI is InChI=1S/C24H19ClN2O2S/c25-21-12-6-4-10-18(21)14-19-15-26-24(30-19)27-23(28)20-11-5-7-13-22(20)29-16-17-8-2-1-3-9-17/h1-13,15H,14,16H2,(H,26,27,28). The highest BCUT2D eigenvalue weighted by atomic mass is 35.5. The lowest BCUT2D eigenvalue weighted by Gasteiger charge is -2.11. The Morgan fingerprint density at radius 2 is 1.70 bits per heavy atom. The molecule has 0 spiro atoms. The summed E-state index contributed by atoms with van der Waals surface area (Å²) in [5.41, 5.74) is 2.54. The summed E-state index contributed by atoms with van der Waals surface area (Å²) in [5, 5.41) is 4.14. The third-order valence-electron chi connectivity index (χ3n) is 4.47. The van der Waals surface area contributed by atoms with Gasteiger partial charge in [-0.3, -0.25) is 10.1 Å². The number of para-hydroxylation sites is 1. The van der Waals surface area contributed by atoms with E-state index < -0.39 is 0 Å². The highest BCUT2D eigenvalue weighted by Gasteiger charge is 2.15. The Hall–Kier alpha value is -3.15. The van der Waals surface area contributed by atoms with Gasteiger partial charge in [0.05, 0.1) is 5.56 Å². The molecule has 0 fully saturated rings. The molecule has 0 atom stereocenters. The summed E-state index contributed by atoms with van der Waals surface area (Å²) < 4.78 is 5.89. The zero-order valence-electron chi connectivity index (χ0n) is 16.0. The van der Waals surface area contributed by atoms with Crippen LogP contribution >= 0.6 is 22.9 Å². The maximum absolute atomic E-state index is 12.8. The van der Waals surface area contributed by atoms with Gasteiger partial charge in [-0.05, 0) is 29.3 Å². The number of nitrogens with zero attached hydrogens (tertiary/aromatic N) is 1. The number of halogens is 1. The van der Waals surface area contributed by atoms with E-state index in [4.69, 9.17) is 16.3 Å². The minimum absolute atomic E-state index is 0.252. The molecule has 3 aromatic carbocycles. The van der Waals surface area contributed by atoms with E-state index in [1.807, 2.05) is 66.7 Å². The number of nitrogens with one attached hydrogen (secondary N) is 1. The van der Waals surface area contributed by atoms with E-state index in [0.29, 0.717) is 29.5 Å². The molecule has 1 aromatic heterocycles. The maximum Gasteiger partial charge on any atom is 0.261 e. The van der Waals surface area contributed by atoms with Crippen molar-refractivity contribution in [1.29, 1.82) is 0 Å². The summed E-state index contributed by atoms with van der Waals surface area (Å²) >= 11 is 7.67. The third kappa shape index (κ3) is 5.06. The van der Waals surface area contributed by atoms with Crippen LogP contribution in [0.4, 0.5) is 5.13 Å². The van der Waals surface area contributed by atoms with E-state index in [1.54, 1.807) is 18.3 Å². The Balaban J connectivity index is 1.43. The van der Waals surface area contributed by atoms with E-state index in [1.165, 1.54) is 11.3 Å². The molecule has 0 aliphatic heterocycles. The zero-order chi connectivity index (χ0) is 20.8. The molecule has 0 radical (unpaired) electrons. The van der Waals surface area contributed by atoms with Crippen molar-refractivity contribution in [3.63, 3.8) is 0 Å². The second-order valence-corrected chi connectivity index (χ2v) is 8.15. The maximum atomic E-state index is 12.8. The quantitative estimate of drug-likeness (QED) is 0.375. The van der Waals surface area contributed by atoms with E-state index in [0.717, 1.165) is 21.0 Å². The predicted octanol–water partition coefficient (Wildman–Crippen LogP) is 6.22. The first-order chi connectivity index (χ1) is 14.7. The van der Waals surface area contributed by atoms with E-state index >= 15 is 0 Å². The van der Waals surface area contributed by atoms with Crippen LogP contribution in [0.5, 0.6) is 5.75 Å². The van der Waals surface area contributed by atoms with E-state index in [-0.39, 0.29) is 5.91 Å². The van der Waals surface area contributed by atoms with Crippen molar-refractivity contribution in [2.45, 2.75) is 13.0 Å². The topological polar surface area (TPSA) is 51.2 Å². The van der Waals surface area contributed by atoms with Gasteiger partial charge in [-0.25, -0.2) is 4.98 Å². The number of carbonyl (C=O) groups excluding carboxylic acids is 1. The first-order valence-corrected chi connectivity index (χ1v) is 10.6. The first-order valence-electron chi connectivity index (χ1n) is 9.44. The smallest absolute Gasteiger partial charge is 0.261 e. The molecule has 0 aliphatic rings. The summed E-state index contributed by atoms with van der Waals surface area (Å²) in [5.74, 6) is 0.281. The molecule has 6 heteroatoms. The monoisotopic (exact) mass is 434 g/mol. The van der Waals surface area contributed by atoms with Crippen LogP contribution in [0.1, 0.15) is 26.4 Å².